The van der Waals surface area contributed by atoms with Gasteiger partial charge >= 0.3 is 11.1 Å². The number of rotatable bonds is 4. The second kappa shape index (κ2) is 8.00. The smallest absolute Gasteiger partial charge is 0.320 e. The molecule has 4 aromatic rings. The maximum Gasteiger partial charge on any atom is 0.320 e. The largest absolute Gasteiger partial charge is 0.337 e. The van der Waals surface area contributed by atoms with Crippen molar-refractivity contribution < 1.29 is 4.52 Å². The summed E-state index contributed by atoms with van der Waals surface area (Å²) < 4.78 is 7.81. The average Bonchev–Trinajstić information content (AvgIpc) is 3.21. The van der Waals surface area contributed by atoms with Gasteiger partial charge in [-0.05, 0) is 35.2 Å². The molecule has 0 spiro atoms. The molecule has 0 amide bonds. The number of benzene rings is 2. The molecule has 4 rings (SSSR count). The van der Waals surface area contributed by atoms with E-state index in [-0.39, 0.29) is 17.9 Å². The van der Waals surface area contributed by atoms with Crippen molar-refractivity contribution in [1.29, 1.82) is 0 Å². The van der Waals surface area contributed by atoms with Gasteiger partial charge in [0.15, 0.2) is 0 Å². The number of halogens is 1. The standard InChI is InChI=1S/C23H21ClN4O3/c1-23(2,3)16-6-4-15(5-7-16)20-25-19(31-26-20)14-27-12-13-28(22(30)21(27)29)18-10-8-17(24)9-11-18/h4-13H,14H2,1-3H3. The fraction of sp³-hybridized carbons (Fsp3) is 0.217. The fourth-order valence-corrected chi connectivity index (χ4v) is 3.27. The zero-order valence-electron chi connectivity index (χ0n) is 17.4. The van der Waals surface area contributed by atoms with Gasteiger partial charge in [0.2, 0.25) is 11.7 Å². The van der Waals surface area contributed by atoms with E-state index in [0.29, 0.717) is 16.5 Å². The topological polar surface area (TPSA) is 82.9 Å². The molecule has 7 nitrogen and oxygen atoms in total. The van der Waals surface area contributed by atoms with Crippen molar-refractivity contribution >= 4 is 11.6 Å². The lowest BCUT2D eigenvalue weighted by Crippen LogP contribution is -2.40. The summed E-state index contributed by atoms with van der Waals surface area (Å²) >= 11 is 5.88. The summed E-state index contributed by atoms with van der Waals surface area (Å²) in [5.74, 6) is 0.665. The molecule has 0 N–H and O–H groups in total. The highest BCUT2D eigenvalue weighted by Gasteiger charge is 2.15. The number of hydrogen-bond donors (Lipinski definition) is 0. The van der Waals surface area contributed by atoms with E-state index in [4.69, 9.17) is 16.1 Å². The fourth-order valence-electron chi connectivity index (χ4n) is 3.14. The van der Waals surface area contributed by atoms with Crippen LogP contribution in [0, 0.1) is 0 Å². The van der Waals surface area contributed by atoms with Crippen LogP contribution in [0.1, 0.15) is 32.2 Å². The lowest BCUT2D eigenvalue weighted by atomic mass is 9.87. The molecule has 0 aliphatic carbocycles. The van der Waals surface area contributed by atoms with Crippen molar-refractivity contribution in [2.24, 2.45) is 0 Å². The van der Waals surface area contributed by atoms with Gasteiger partial charge in [-0.1, -0.05) is 61.8 Å². The van der Waals surface area contributed by atoms with E-state index in [2.05, 4.69) is 30.9 Å². The van der Waals surface area contributed by atoms with Gasteiger partial charge in [0.05, 0.1) is 0 Å². The maximum atomic E-state index is 12.6. The molecule has 0 radical (unpaired) electrons. The Bertz CT molecular complexity index is 1330. The molecular formula is C23H21ClN4O3. The van der Waals surface area contributed by atoms with Gasteiger partial charge in [-0.25, -0.2) is 0 Å². The third-order valence-corrected chi connectivity index (χ3v) is 5.20. The number of hydrogen-bond acceptors (Lipinski definition) is 5. The average molecular weight is 437 g/mol. The lowest BCUT2D eigenvalue weighted by Gasteiger charge is -2.18. The summed E-state index contributed by atoms with van der Waals surface area (Å²) in [7, 11) is 0. The normalized spacial score (nSPS) is 11.6. The summed E-state index contributed by atoms with van der Waals surface area (Å²) in [6.07, 6.45) is 3.04. The molecule has 0 aliphatic rings. The van der Waals surface area contributed by atoms with Crippen molar-refractivity contribution in [1.82, 2.24) is 19.3 Å². The second-order valence-electron chi connectivity index (χ2n) is 8.22. The summed E-state index contributed by atoms with van der Waals surface area (Å²) in [6, 6.07) is 14.6. The molecule has 2 aromatic carbocycles. The summed E-state index contributed by atoms with van der Waals surface area (Å²) in [6.45, 7) is 6.44. The highest BCUT2D eigenvalue weighted by molar-refractivity contribution is 6.30. The first-order valence-corrected chi connectivity index (χ1v) is 10.1. The van der Waals surface area contributed by atoms with Gasteiger partial charge < -0.3 is 4.52 Å². The summed E-state index contributed by atoms with van der Waals surface area (Å²) in [5, 5.41) is 4.55. The molecule has 31 heavy (non-hydrogen) atoms. The Labute approximate surface area is 183 Å². The minimum Gasteiger partial charge on any atom is -0.337 e. The van der Waals surface area contributed by atoms with E-state index in [1.54, 1.807) is 24.3 Å². The van der Waals surface area contributed by atoms with Gasteiger partial charge in [-0.2, -0.15) is 4.98 Å². The Kier molecular flexibility index (Phi) is 5.37. The maximum absolute atomic E-state index is 12.6. The number of aromatic nitrogens is 4. The van der Waals surface area contributed by atoms with E-state index in [1.165, 1.54) is 27.1 Å². The Morgan fingerprint density at radius 1 is 0.935 bits per heavy atom. The zero-order valence-corrected chi connectivity index (χ0v) is 18.1. The number of nitrogens with zero attached hydrogens (tertiary/aromatic N) is 4. The van der Waals surface area contributed by atoms with Crippen molar-refractivity contribution in [3.05, 3.63) is 98.1 Å². The SMILES string of the molecule is CC(C)(C)c1ccc(-c2noc(Cn3ccn(-c4ccc(Cl)cc4)c(=O)c3=O)n2)cc1. The minimum absolute atomic E-state index is 0.00259. The molecule has 0 aliphatic heterocycles. The Hall–Kier alpha value is -3.45. The molecule has 0 bridgehead atoms. The van der Waals surface area contributed by atoms with Crippen LogP contribution >= 0.6 is 11.6 Å². The molecule has 0 fully saturated rings. The van der Waals surface area contributed by atoms with Crippen LogP contribution in [0.3, 0.4) is 0 Å². The van der Waals surface area contributed by atoms with E-state index in [1.807, 2.05) is 24.3 Å². The zero-order chi connectivity index (χ0) is 22.2. The van der Waals surface area contributed by atoms with Crippen LogP contribution in [0.15, 0.2) is 75.0 Å². The predicted octanol–water partition coefficient (Wildman–Crippen LogP) is 4.05. The van der Waals surface area contributed by atoms with Crippen LogP contribution < -0.4 is 11.1 Å². The summed E-state index contributed by atoms with van der Waals surface area (Å²) in [4.78, 5) is 29.5. The first kappa shape index (κ1) is 20.8. The first-order valence-electron chi connectivity index (χ1n) is 9.74. The van der Waals surface area contributed by atoms with Crippen molar-refractivity contribution in [3.63, 3.8) is 0 Å². The third-order valence-electron chi connectivity index (χ3n) is 4.95. The van der Waals surface area contributed by atoms with Crippen molar-refractivity contribution in [3.8, 4) is 17.1 Å². The molecule has 158 valence electrons. The van der Waals surface area contributed by atoms with Crippen LogP contribution in [0.5, 0.6) is 0 Å². The molecule has 0 atom stereocenters. The van der Waals surface area contributed by atoms with Gasteiger partial charge in [0.25, 0.3) is 0 Å². The van der Waals surface area contributed by atoms with Crippen LogP contribution in [-0.2, 0) is 12.0 Å². The molecule has 0 saturated heterocycles. The van der Waals surface area contributed by atoms with Crippen LogP contribution in [-0.4, -0.2) is 19.3 Å². The van der Waals surface area contributed by atoms with E-state index in [0.717, 1.165) is 5.56 Å². The van der Waals surface area contributed by atoms with Crippen LogP contribution in [0.4, 0.5) is 0 Å². The quantitative estimate of drug-likeness (QED) is 0.451. The van der Waals surface area contributed by atoms with Crippen molar-refractivity contribution in [2.75, 3.05) is 0 Å². The highest BCUT2D eigenvalue weighted by Crippen LogP contribution is 2.25. The third kappa shape index (κ3) is 4.36. The molecule has 2 aromatic heterocycles. The molecule has 0 saturated carbocycles. The monoisotopic (exact) mass is 436 g/mol. The van der Waals surface area contributed by atoms with E-state index < -0.39 is 11.1 Å². The van der Waals surface area contributed by atoms with Crippen LogP contribution in [0.25, 0.3) is 17.1 Å². The Morgan fingerprint density at radius 3 is 2.26 bits per heavy atom. The Morgan fingerprint density at radius 2 is 1.61 bits per heavy atom. The molecular weight excluding hydrogens is 416 g/mol. The first-order chi connectivity index (χ1) is 14.7. The second-order valence-corrected chi connectivity index (χ2v) is 8.66. The molecule has 2 heterocycles. The Balaban J connectivity index is 1.57. The van der Waals surface area contributed by atoms with E-state index in [9.17, 15) is 9.59 Å². The van der Waals surface area contributed by atoms with Crippen molar-refractivity contribution in [2.45, 2.75) is 32.7 Å². The molecule has 8 heteroatoms. The van der Waals surface area contributed by atoms with E-state index >= 15 is 0 Å². The van der Waals surface area contributed by atoms with Crippen LogP contribution in [0.2, 0.25) is 5.02 Å². The van der Waals surface area contributed by atoms with Gasteiger partial charge in [0.1, 0.15) is 6.54 Å². The molecule has 0 unspecified atom stereocenters. The van der Waals surface area contributed by atoms with Gasteiger partial charge in [-0.3, -0.25) is 18.7 Å². The van der Waals surface area contributed by atoms with Gasteiger partial charge in [0, 0.05) is 28.7 Å². The highest BCUT2D eigenvalue weighted by atomic mass is 35.5. The minimum atomic E-state index is -0.688. The lowest BCUT2D eigenvalue weighted by molar-refractivity contribution is 0.369. The predicted molar refractivity (Wildman–Crippen MR) is 119 cm³/mol. The van der Waals surface area contributed by atoms with Gasteiger partial charge in [-0.15, -0.1) is 0 Å². The summed E-state index contributed by atoms with van der Waals surface area (Å²) in [5.41, 5.74) is 1.25.